The Balaban J connectivity index is 1.35. The van der Waals surface area contributed by atoms with Gasteiger partial charge in [-0.1, -0.05) is 24.3 Å². The summed E-state index contributed by atoms with van der Waals surface area (Å²) in [6.45, 7) is 1.85. The number of hydrogen-bond donors (Lipinski definition) is 0. The van der Waals surface area contributed by atoms with Gasteiger partial charge in [-0.15, -0.1) is 11.8 Å². The minimum absolute atomic E-state index is 0.0243. The van der Waals surface area contributed by atoms with Crippen molar-refractivity contribution in [3.8, 4) is 0 Å². The number of esters is 1. The molecule has 2 aromatic rings. The van der Waals surface area contributed by atoms with Gasteiger partial charge in [-0.2, -0.15) is 0 Å². The minimum Gasteiger partial charge on any atom is -0.454 e. The van der Waals surface area contributed by atoms with Gasteiger partial charge in [0.2, 0.25) is 11.7 Å². The Morgan fingerprint density at radius 1 is 1.14 bits per heavy atom. The van der Waals surface area contributed by atoms with Crippen LogP contribution in [0.15, 0.2) is 47.4 Å². The summed E-state index contributed by atoms with van der Waals surface area (Å²) in [5.74, 6) is -0.331. The maximum atomic E-state index is 12.7. The molecule has 2 aliphatic rings. The van der Waals surface area contributed by atoms with Crippen LogP contribution in [0.25, 0.3) is 0 Å². The Morgan fingerprint density at radius 2 is 1.93 bits per heavy atom. The SMILES string of the molecule is C[C@H](OC(=O)CCN1C(=O)CSc2ccccc21)C(=O)c1ccc2c(c1)CCC2. The first kappa shape index (κ1) is 19.7. The Bertz CT molecular complexity index is 971. The van der Waals surface area contributed by atoms with Gasteiger partial charge in [-0.25, -0.2) is 0 Å². The van der Waals surface area contributed by atoms with E-state index in [1.54, 1.807) is 11.8 Å². The van der Waals surface area contributed by atoms with E-state index < -0.39 is 12.1 Å². The first-order valence-corrected chi connectivity index (χ1v) is 10.9. The van der Waals surface area contributed by atoms with Crippen molar-refractivity contribution in [3.05, 3.63) is 59.2 Å². The van der Waals surface area contributed by atoms with E-state index in [9.17, 15) is 14.4 Å². The number of fused-ring (bicyclic) bond motifs is 2. The molecule has 0 fully saturated rings. The predicted molar refractivity (Wildman–Crippen MR) is 112 cm³/mol. The molecule has 0 aromatic heterocycles. The lowest BCUT2D eigenvalue weighted by Crippen LogP contribution is -2.37. The van der Waals surface area contributed by atoms with Gasteiger partial charge < -0.3 is 9.64 Å². The molecule has 0 saturated carbocycles. The molecule has 0 bridgehead atoms. The van der Waals surface area contributed by atoms with E-state index in [2.05, 4.69) is 0 Å². The smallest absolute Gasteiger partial charge is 0.308 e. The highest BCUT2D eigenvalue weighted by atomic mass is 32.2. The molecule has 1 amide bonds. The standard InChI is InChI=1S/C23H23NO4S/c1-15(23(27)18-10-9-16-5-4-6-17(16)13-18)28-22(26)11-12-24-19-7-2-3-8-20(19)29-14-21(24)25/h2-3,7-10,13,15H,4-6,11-12,14H2,1H3/t15-/m0/s1. The van der Waals surface area contributed by atoms with Gasteiger partial charge in [-0.3, -0.25) is 14.4 Å². The number of Topliss-reactive ketones (excluding diaryl/α,β-unsaturated/α-hetero) is 1. The number of nitrogens with zero attached hydrogens (tertiary/aromatic N) is 1. The number of anilines is 1. The molecule has 5 nitrogen and oxygen atoms in total. The van der Waals surface area contributed by atoms with Gasteiger partial charge in [0.05, 0.1) is 17.9 Å². The zero-order valence-corrected chi connectivity index (χ0v) is 17.2. The zero-order valence-electron chi connectivity index (χ0n) is 16.3. The van der Waals surface area contributed by atoms with E-state index in [-0.39, 0.29) is 24.7 Å². The van der Waals surface area contributed by atoms with E-state index in [4.69, 9.17) is 4.74 Å². The van der Waals surface area contributed by atoms with Crippen LogP contribution >= 0.6 is 11.8 Å². The molecule has 2 aromatic carbocycles. The number of hydrogen-bond acceptors (Lipinski definition) is 5. The molecular weight excluding hydrogens is 386 g/mol. The van der Waals surface area contributed by atoms with E-state index >= 15 is 0 Å². The number of amides is 1. The lowest BCUT2D eigenvalue weighted by Gasteiger charge is -2.28. The van der Waals surface area contributed by atoms with Crippen LogP contribution in [0.1, 0.15) is 41.3 Å². The van der Waals surface area contributed by atoms with Crippen molar-refractivity contribution in [3.63, 3.8) is 0 Å². The number of thioether (sulfide) groups is 1. The monoisotopic (exact) mass is 409 g/mol. The third-order valence-electron chi connectivity index (χ3n) is 5.41. The highest BCUT2D eigenvalue weighted by Crippen LogP contribution is 2.34. The molecule has 1 aliphatic carbocycles. The molecule has 6 heteroatoms. The number of rotatable bonds is 6. The quantitative estimate of drug-likeness (QED) is 0.536. The van der Waals surface area contributed by atoms with Crippen LogP contribution in [-0.4, -0.2) is 36.1 Å². The van der Waals surface area contributed by atoms with Crippen LogP contribution in [0, 0.1) is 0 Å². The average Bonchev–Trinajstić information content (AvgIpc) is 3.20. The molecule has 0 saturated heterocycles. The summed E-state index contributed by atoms with van der Waals surface area (Å²) in [6, 6.07) is 13.4. The Kier molecular flexibility index (Phi) is 5.72. The van der Waals surface area contributed by atoms with Crippen molar-refractivity contribution >= 4 is 35.1 Å². The summed E-state index contributed by atoms with van der Waals surface area (Å²) in [4.78, 5) is 39.9. The van der Waals surface area contributed by atoms with Gasteiger partial charge in [-0.05, 0) is 55.5 Å². The zero-order chi connectivity index (χ0) is 20.4. The van der Waals surface area contributed by atoms with E-state index in [0.29, 0.717) is 11.3 Å². The van der Waals surface area contributed by atoms with Crippen LogP contribution in [0.2, 0.25) is 0 Å². The van der Waals surface area contributed by atoms with Gasteiger partial charge in [0, 0.05) is 17.0 Å². The summed E-state index contributed by atoms with van der Waals surface area (Å²) in [5.41, 5.74) is 3.93. The van der Waals surface area contributed by atoms with Gasteiger partial charge in [0.15, 0.2) is 6.10 Å². The topological polar surface area (TPSA) is 63.7 Å². The second kappa shape index (κ2) is 8.41. The van der Waals surface area contributed by atoms with Crippen molar-refractivity contribution < 1.29 is 19.1 Å². The largest absolute Gasteiger partial charge is 0.454 e. The van der Waals surface area contributed by atoms with Crippen molar-refractivity contribution in [1.29, 1.82) is 0 Å². The van der Waals surface area contributed by atoms with Gasteiger partial charge in [0.1, 0.15) is 0 Å². The van der Waals surface area contributed by atoms with E-state index in [1.165, 1.54) is 22.9 Å². The van der Waals surface area contributed by atoms with E-state index in [1.807, 2.05) is 42.5 Å². The second-order valence-corrected chi connectivity index (χ2v) is 8.40. The van der Waals surface area contributed by atoms with Crippen molar-refractivity contribution in [2.45, 2.75) is 43.6 Å². The lowest BCUT2D eigenvalue weighted by atomic mass is 10.0. The summed E-state index contributed by atoms with van der Waals surface area (Å²) in [6.07, 6.45) is 2.38. The van der Waals surface area contributed by atoms with Crippen LogP contribution in [0.3, 0.4) is 0 Å². The molecule has 29 heavy (non-hydrogen) atoms. The molecule has 4 rings (SSSR count). The summed E-state index contributed by atoms with van der Waals surface area (Å²) >= 11 is 1.50. The molecule has 0 N–H and O–H groups in total. The molecule has 150 valence electrons. The van der Waals surface area contributed by atoms with E-state index in [0.717, 1.165) is 29.8 Å². The molecule has 0 unspecified atom stereocenters. The fourth-order valence-corrected chi connectivity index (χ4v) is 4.81. The molecular formula is C23H23NO4S. The van der Waals surface area contributed by atoms with Gasteiger partial charge >= 0.3 is 5.97 Å². The molecule has 0 radical (unpaired) electrons. The summed E-state index contributed by atoms with van der Waals surface area (Å²) in [5, 5.41) is 0. The number of aryl methyl sites for hydroxylation is 2. The van der Waals surface area contributed by atoms with Crippen LogP contribution in [-0.2, 0) is 27.2 Å². The molecule has 1 heterocycles. The second-order valence-electron chi connectivity index (χ2n) is 7.39. The number of para-hydroxylation sites is 1. The molecule has 1 aliphatic heterocycles. The maximum absolute atomic E-state index is 12.7. The maximum Gasteiger partial charge on any atom is 0.308 e. The minimum atomic E-state index is -0.846. The molecule has 1 atom stereocenters. The van der Waals surface area contributed by atoms with Crippen molar-refractivity contribution in [2.24, 2.45) is 0 Å². The predicted octanol–water partition coefficient (Wildman–Crippen LogP) is 3.82. The number of carbonyl (C=O) groups is 3. The third-order valence-corrected chi connectivity index (χ3v) is 6.46. The number of ketones is 1. The highest BCUT2D eigenvalue weighted by Gasteiger charge is 2.26. The Labute approximate surface area is 174 Å². The van der Waals surface area contributed by atoms with Crippen LogP contribution in [0.4, 0.5) is 5.69 Å². The van der Waals surface area contributed by atoms with Crippen LogP contribution < -0.4 is 4.90 Å². The fourth-order valence-electron chi connectivity index (χ4n) is 3.87. The third kappa shape index (κ3) is 4.22. The first-order chi connectivity index (χ1) is 14.0. The number of benzene rings is 2. The summed E-state index contributed by atoms with van der Waals surface area (Å²) in [7, 11) is 0. The van der Waals surface area contributed by atoms with Gasteiger partial charge in [0.25, 0.3) is 0 Å². The highest BCUT2D eigenvalue weighted by molar-refractivity contribution is 8.00. The Morgan fingerprint density at radius 3 is 2.79 bits per heavy atom. The van der Waals surface area contributed by atoms with Crippen molar-refractivity contribution in [2.75, 3.05) is 17.2 Å². The number of ether oxygens (including phenoxy) is 1. The Hall–Kier alpha value is -2.60. The van der Waals surface area contributed by atoms with Crippen LogP contribution in [0.5, 0.6) is 0 Å². The first-order valence-electron chi connectivity index (χ1n) is 9.90. The summed E-state index contributed by atoms with van der Waals surface area (Å²) < 4.78 is 5.37. The number of carbonyl (C=O) groups excluding carboxylic acids is 3. The fraction of sp³-hybridized carbons (Fsp3) is 0.348. The normalized spacial score (nSPS) is 16.2. The lowest BCUT2D eigenvalue weighted by molar-refractivity contribution is -0.146. The van der Waals surface area contributed by atoms with Crippen molar-refractivity contribution in [1.82, 2.24) is 0 Å². The average molecular weight is 410 g/mol. The molecule has 0 spiro atoms.